The van der Waals surface area contributed by atoms with Crippen molar-refractivity contribution in [2.75, 3.05) is 20.8 Å². The van der Waals surface area contributed by atoms with Crippen molar-refractivity contribution in [1.29, 1.82) is 0 Å². The van der Waals surface area contributed by atoms with Crippen LogP contribution in [0.25, 0.3) is 0 Å². The van der Waals surface area contributed by atoms with Crippen molar-refractivity contribution < 1.29 is 29.0 Å². The number of carbonyl (C=O) groups is 3. The highest BCUT2D eigenvalue weighted by molar-refractivity contribution is 5.95. The van der Waals surface area contributed by atoms with Crippen LogP contribution in [0.3, 0.4) is 0 Å². The third-order valence-corrected chi connectivity index (χ3v) is 3.48. The van der Waals surface area contributed by atoms with Gasteiger partial charge in [-0.25, -0.2) is 0 Å². The van der Waals surface area contributed by atoms with E-state index in [2.05, 4.69) is 10.6 Å². The molecule has 0 aliphatic carbocycles. The molecular weight excluding hydrogens is 328 g/mol. The van der Waals surface area contributed by atoms with Gasteiger partial charge in [0.15, 0.2) is 18.1 Å². The standard InChI is InChI=1S/C17H24N2O6/c1-17(2,8-7-15(21)22)19-16(23)11-5-6-12(13(9-11)24-4)25-10-14(20)18-3/h5-6,9H,7-8,10H2,1-4H3,(H,18,20)(H,19,23)(H,21,22). The molecule has 0 aromatic heterocycles. The molecule has 0 aliphatic rings. The quantitative estimate of drug-likeness (QED) is 0.615. The fourth-order valence-corrected chi connectivity index (χ4v) is 2.00. The van der Waals surface area contributed by atoms with Crippen LogP contribution in [0, 0.1) is 0 Å². The summed E-state index contributed by atoms with van der Waals surface area (Å²) >= 11 is 0. The van der Waals surface area contributed by atoms with E-state index in [1.54, 1.807) is 26.0 Å². The average Bonchev–Trinajstić information content (AvgIpc) is 2.57. The topological polar surface area (TPSA) is 114 Å². The summed E-state index contributed by atoms with van der Waals surface area (Å²) in [6.45, 7) is 3.35. The summed E-state index contributed by atoms with van der Waals surface area (Å²) in [6.07, 6.45) is 0.265. The van der Waals surface area contributed by atoms with Gasteiger partial charge < -0.3 is 25.2 Å². The van der Waals surface area contributed by atoms with Crippen molar-refractivity contribution in [1.82, 2.24) is 10.6 Å². The molecule has 0 bridgehead atoms. The van der Waals surface area contributed by atoms with E-state index in [0.29, 0.717) is 23.5 Å². The summed E-state index contributed by atoms with van der Waals surface area (Å²) in [5, 5.41) is 14.0. The molecule has 1 rings (SSSR count). The number of carboxylic acid groups (broad SMARTS) is 1. The Hall–Kier alpha value is -2.77. The van der Waals surface area contributed by atoms with E-state index in [4.69, 9.17) is 14.6 Å². The Morgan fingerprint density at radius 3 is 2.44 bits per heavy atom. The predicted molar refractivity (Wildman–Crippen MR) is 91.0 cm³/mol. The second kappa shape index (κ2) is 8.91. The zero-order valence-corrected chi connectivity index (χ0v) is 14.8. The van der Waals surface area contributed by atoms with E-state index in [9.17, 15) is 14.4 Å². The van der Waals surface area contributed by atoms with Crippen LogP contribution in [0.2, 0.25) is 0 Å². The molecule has 0 fully saturated rings. The fraction of sp³-hybridized carbons (Fsp3) is 0.471. The van der Waals surface area contributed by atoms with Crippen LogP contribution in [0.1, 0.15) is 37.0 Å². The lowest BCUT2D eigenvalue weighted by Gasteiger charge is -2.25. The Balaban J connectivity index is 2.82. The second-order valence-electron chi connectivity index (χ2n) is 6.06. The van der Waals surface area contributed by atoms with Crippen molar-refractivity contribution in [3.05, 3.63) is 23.8 Å². The molecule has 0 saturated heterocycles. The number of hydrogen-bond acceptors (Lipinski definition) is 5. The Morgan fingerprint density at radius 1 is 1.20 bits per heavy atom. The molecule has 138 valence electrons. The molecular formula is C17H24N2O6. The number of nitrogens with one attached hydrogen (secondary N) is 2. The van der Waals surface area contributed by atoms with Crippen LogP contribution in [0.4, 0.5) is 0 Å². The maximum atomic E-state index is 12.4. The highest BCUT2D eigenvalue weighted by Gasteiger charge is 2.23. The Bertz CT molecular complexity index is 642. The summed E-state index contributed by atoms with van der Waals surface area (Å²) in [4.78, 5) is 34.3. The SMILES string of the molecule is CNC(=O)COc1ccc(C(=O)NC(C)(C)CCC(=O)O)cc1OC. The Kier molecular flexibility index (Phi) is 7.22. The van der Waals surface area contributed by atoms with E-state index >= 15 is 0 Å². The monoisotopic (exact) mass is 352 g/mol. The molecule has 0 aliphatic heterocycles. The maximum Gasteiger partial charge on any atom is 0.303 e. The van der Waals surface area contributed by atoms with E-state index in [1.165, 1.54) is 20.2 Å². The average molecular weight is 352 g/mol. The van der Waals surface area contributed by atoms with E-state index in [0.717, 1.165) is 0 Å². The number of aliphatic carboxylic acids is 1. The van der Waals surface area contributed by atoms with Gasteiger partial charge in [0.2, 0.25) is 0 Å². The highest BCUT2D eigenvalue weighted by Crippen LogP contribution is 2.28. The first kappa shape index (κ1) is 20.3. The lowest BCUT2D eigenvalue weighted by Crippen LogP contribution is -2.43. The lowest BCUT2D eigenvalue weighted by atomic mass is 9.97. The van der Waals surface area contributed by atoms with Crippen LogP contribution < -0.4 is 20.1 Å². The molecule has 25 heavy (non-hydrogen) atoms. The number of benzene rings is 1. The molecule has 8 nitrogen and oxygen atoms in total. The van der Waals surface area contributed by atoms with Gasteiger partial charge in [0.25, 0.3) is 11.8 Å². The number of amides is 2. The smallest absolute Gasteiger partial charge is 0.303 e. The first-order valence-electron chi connectivity index (χ1n) is 7.74. The van der Waals surface area contributed by atoms with Gasteiger partial charge in [-0.1, -0.05) is 0 Å². The van der Waals surface area contributed by atoms with Gasteiger partial charge in [0.1, 0.15) is 0 Å². The molecule has 0 unspecified atom stereocenters. The van der Waals surface area contributed by atoms with Crippen LogP contribution in [0.5, 0.6) is 11.5 Å². The van der Waals surface area contributed by atoms with Crippen molar-refractivity contribution >= 4 is 17.8 Å². The molecule has 8 heteroatoms. The summed E-state index contributed by atoms with van der Waals surface area (Å²) in [7, 11) is 2.93. The molecule has 0 heterocycles. The van der Waals surface area contributed by atoms with Crippen molar-refractivity contribution in [3.63, 3.8) is 0 Å². The lowest BCUT2D eigenvalue weighted by molar-refractivity contribution is -0.137. The third kappa shape index (κ3) is 6.70. The Labute approximate surface area is 146 Å². The Morgan fingerprint density at radius 2 is 1.88 bits per heavy atom. The van der Waals surface area contributed by atoms with Gasteiger partial charge >= 0.3 is 5.97 Å². The zero-order chi connectivity index (χ0) is 19.0. The van der Waals surface area contributed by atoms with Crippen LogP contribution in [-0.2, 0) is 9.59 Å². The molecule has 1 aromatic rings. The number of methoxy groups -OCH3 is 1. The maximum absolute atomic E-state index is 12.4. The fourth-order valence-electron chi connectivity index (χ4n) is 2.00. The zero-order valence-electron chi connectivity index (χ0n) is 14.8. The molecule has 0 radical (unpaired) electrons. The van der Waals surface area contributed by atoms with Crippen LogP contribution >= 0.6 is 0 Å². The third-order valence-electron chi connectivity index (χ3n) is 3.48. The minimum atomic E-state index is -0.915. The minimum Gasteiger partial charge on any atom is -0.493 e. The number of rotatable bonds is 9. The van der Waals surface area contributed by atoms with Crippen LogP contribution in [0.15, 0.2) is 18.2 Å². The number of likely N-dealkylation sites (N-methyl/N-ethyl adjacent to an activating group) is 1. The second-order valence-corrected chi connectivity index (χ2v) is 6.06. The number of ether oxygens (including phenoxy) is 2. The molecule has 0 atom stereocenters. The normalized spacial score (nSPS) is 10.7. The van der Waals surface area contributed by atoms with Crippen LogP contribution in [-0.4, -0.2) is 49.2 Å². The summed E-state index contributed by atoms with van der Waals surface area (Å²) in [6, 6.07) is 4.59. The first-order valence-corrected chi connectivity index (χ1v) is 7.74. The highest BCUT2D eigenvalue weighted by atomic mass is 16.5. The van der Waals surface area contributed by atoms with Crippen molar-refractivity contribution in [3.8, 4) is 11.5 Å². The van der Waals surface area contributed by atoms with Gasteiger partial charge in [-0.3, -0.25) is 14.4 Å². The largest absolute Gasteiger partial charge is 0.493 e. The number of carbonyl (C=O) groups excluding carboxylic acids is 2. The first-order chi connectivity index (χ1) is 11.7. The summed E-state index contributed by atoms with van der Waals surface area (Å²) < 4.78 is 10.5. The molecule has 2 amide bonds. The summed E-state index contributed by atoms with van der Waals surface area (Å²) in [5.41, 5.74) is -0.329. The molecule has 0 saturated carbocycles. The predicted octanol–water partition coefficient (Wildman–Crippen LogP) is 1.19. The number of carboxylic acids is 1. The van der Waals surface area contributed by atoms with Gasteiger partial charge in [0, 0.05) is 24.6 Å². The molecule has 0 spiro atoms. The van der Waals surface area contributed by atoms with Gasteiger partial charge in [0.05, 0.1) is 7.11 Å². The van der Waals surface area contributed by atoms with Crippen molar-refractivity contribution in [2.24, 2.45) is 0 Å². The van der Waals surface area contributed by atoms with Gasteiger partial charge in [-0.05, 0) is 38.5 Å². The van der Waals surface area contributed by atoms with E-state index in [1.807, 2.05) is 0 Å². The van der Waals surface area contributed by atoms with Gasteiger partial charge in [-0.2, -0.15) is 0 Å². The molecule has 3 N–H and O–H groups in total. The van der Waals surface area contributed by atoms with Crippen molar-refractivity contribution in [2.45, 2.75) is 32.2 Å². The van der Waals surface area contributed by atoms with Gasteiger partial charge in [-0.15, -0.1) is 0 Å². The van der Waals surface area contributed by atoms with E-state index < -0.39 is 11.5 Å². The molecule has 1 aromatic carbocycles. The number of hydrogen-bond donors (Lipinski definition) is 3. The van der Waals surface area contributed by atoms with E-state index in [-0.39, 0.29) is 24.8 Å². The minimum absolute atomic E-state index is 0.0388. The summed E-state index contributed by atoms with van der Waals surface area (Å²) in [5.74, 6) is -0.898.